The second-order valence-corrected chi connectivity index (χ2v) is 8.96. The lowest BCUT2D eigenvalue weighted by molar-refractivity contribution is 0.0365. The van der Waals surface area contributed by atoms with Crippen molar-refractivity contribution in [1.82, 2.24) is 29.7 Å². The Morgan fingerprint density at radius 3 is 2.70 bits per heavy atom. The molecule has 7 nitrogen and oxygen atoms in total. The van der Waals surface area contributed by atoms with Gasteiger partial charge in [0, 0.05) is 50.0 Å². The van der Waals surface area contributed by atoms with Gasteiger partial charge in [-0.05, 0) is 62.0 Å². The van der Waals surface area contributed by atoms with Crippen molar-refractivity contribution in [1.29, 1.82) is 0 Å². The average molecular weight is 463 g/mol. The molecule has 2 atom stereocenters. The zero-order valence-corrected chi connectivity index (χ0v) is 19.7. The molecule has 0 spiro atoms. The first kappa shape index (κ1) is 22.0. The molecule has 172 valence electrons. The molecule has 2 fully saturated rings. The fourth-order valence-electron chi connectivity index (χ4n) is 4.89. The molecule has 0 aliphatic carbocycles. The van der Waals surface area contributed by atoms with Crippen LogP contribution < -0.4 is 5.32 Å². The highest BCUT2D eigenvalue weighted by molar-refractivity contribution is 7.80. The zero-order valence-electron chi connectivity index (χ0n) is 18.9. The van der Waals surface area contributed by atoms with Crippen LogP contribution in [0.3, 0.4) is 0 Å². The van der Waals surface area contributed by atoms with Gasteiger partial charge < -0.3 is 19.5 Å². The molecule has 0 radical (unpaired) electrons. The number of rotatable bonds is 7. The van der Waals surface area contributed by atoms with Crippen molar-refractivity contribution in [2.24, 2.45) is 0 Å². The summed E-state index contributed by atoms with van der Waals surface area (Å²) >= 11 is 5.86. The number of morpholine rings is 1. The summed E-state index contributed by atoms with van der Waals surface area (Å²) in [6.07, 6.45) is 6.61. The quantitative estimate of drug-likeness (QED) is 0.541. The topological polar surface area (TPSA) is 58.5 Å². The Labute approximate surface area is 200 Å². The van der Waals surface area contributed by atoms with E-state index in [1.807, 2.05) is 36.8 Å². The maximum atomic E-state index is 5.86. The molecule has 33 heavy (non-hydrogen) atoms. The summed E-state index contributed by atoms with van der Waals surface area (Å²) in [5.74, 6) is 0. The maximum absolute atomic E-state index is 5.86. The largest absolute Gasteiger partial charge is 0.379 e. The van der Waals surface area contributed by atoms with E-state index in [0.717, 1.165) is 62.3 Å². The number of hydrogen-bond donors (Lipinski definition) is 1. The van der Waals surface area contributed by atoms with Crippen LogP contribution in [0.1, 0.15) is 35.6 Å². The maximum Gasteiger partial charge on any atom is 0.170 e. The number of pyridine rings is 2. The number of aryl methyl sites for hydroxylation is 1. The van der Waals surface area contributed by atoms with Crippen molar-refractivity contribution < 1.29 is 4.74 Å². The molecule has 0 amide bonds. The van der Waals surface area contributed by atoms with Gasteiger partial charge in [-0.3, -0.25) is 14.9 Å². The van der Waals surface area contributed by atoms with Crippen LogP contribution in [0, 0.1) is 6.92 Å². The first-order chi connectivity index (χ1) is 16.2. The molecule has 5 heterocycles. The van der Waals surface area contributed by atoms with Crippen LogP contribution in [0.5, 0.6) is 0 Å². The van der Waals surface area contributed by atoms with Crippen LogP contribution in [0.25, 0.3) is 5.69 Å². The number of nitrogens with zero attached hydrogens (tertiary/aromatic N) is 5. The van der Waals surface area contributed by atoms with E-state index in [0.29, 0.717) is 0 Å². The summed E-state index contributed by atoms with van der Waals surface area (Å²) in [4.78, 5) is 13.9. The molecule has 3 aromatic heterocycles. The van der Waals surface area contributed by atoms with Gasteiger partial charge in [0.2, 0.25) is 0 Å². The van der Waals surface area contributed by atoms with Gasteiger partial charge in [0.1, 0.15) is 0 Å². The summed E-state index contributed by atoms with van der Waals surface area (Å²) in [7, 11) is 0. The minimum absolute atomic E-state index is 0.0215. The third kappa shape index (κ3) is 4.64. The molecule has 0 bridgehead atoms. The minimum Gasteiger partial charge on any atom is -0.379 e. The first-order valence-electron chi connectivity index (χ1n) is 11.6. The number of aromatic nitrogens is 3. The molecular formula is C25H30N6OS. The summed E-state index contributed by atoms with van der Waals surface area (Å²) < 4.78 is 7.78. The molecule has 2 aliphatic heterocycles. The number of nitrogens with one attached hydrogen (secondary N) is 1. The monoisotopic (exact) mass is 462 g/mol. The van der Waals surface area contributed by atoms with Gasteiger partial charge in [-0.25, -0.2) is 0 Å². The second kappa shape index (κ2) is 9.99. The molecule has 5 rings (SSSR count). The van der Waals surface area contributed by atoms with Crippen LogP contribution in [-0.2, 0) is 4.74 Å². The van der Waals surface area contributed by atoms with Crippen molar-refractivity contribution in [3.8, 4) is 5.69 Å². The summed E-state index contributed by atoms with van der Waals surface area (Å²) in [6.45, 7) is 7.73. The summed E-state index contributed by atoms with van der Waals surface area (Å²) in [5, 5.41) is 4.36. The molecule has 2 saturated heterocycles. The van der Waals surface area contributed by atoms with E-state index < -0.39 is 0 Å². The molecule has 8 heteroatoms. The van der Waals surface area contributed by atoms with Crippen LogP contribution in [0.15, 0.2) is 61.1 Å². The van der Waals surface area contributed by atoms with Gasteiger partial charge >= 0.3 is 0 Å². The van der Waals surface area contributed by atoms with Crippen molar-refractivity contribution in [2.45, 2.75) is 25.4 Å². The number of hydrogen-bond acceptors (Lipinski definition) is 5. The van der Waals surface area contributed by atoms with Gasteiger partial charge in [-0.2, -0.15) is 0 Å². The van der Waals surface area contributed by atoms with E-state index in [1.54, 1.807) is 0 Å². The lowest BCUT2D eigenvalue weighted by Crippen LogP contribution is -2.39. The van der Waals surface area contributed by atoms with E-state index in [2.05, 4.69) is 60.8 Å². The van der Waals surface area contributed by atoms with Crippen LogP contribution >= 0.6 is 12.2 Å². The zero-order chi connectivity index (χ0) is 22.6. The molecular weight excluding hydrogens is 432 g/mol. The SMILES string of the molecule is Cc1ccc(C2C(c3ccccn3)NC(=S)N2CCCN2CCOCC2)n1-c1cccnc1. The third-order valence-corrected chi connectivity index (χ3v) is 6.84. The second-order valence-electron chi connectivity index (χ2n) is 8.57. The third-order valence-electron chi connectivity index (χ3n) is 6.49. The van der Waals surface area contributed by atoms with E-state index in [9.17, 15) is 0 Å². The minimum atomic E-state index is -0.0215. The Hall–Kier alpha value is -2.81. The van der Waals surface area contributed by atoms with E-state index in [4.69, 9.17) is 17.0 Å². The Kier molecular flexibility index (Phi) is 6.66. The van der Waals surface area contributed by atoms with E-state index in [1.165, 1.54) is 11.4 Å². The normalized spacial score (nSPS) is 21.4. The van der Waals surface area contributed by atoms with Crippen molar-refractivity contribution in [2.75, 3.05) is 39.4 Å². The van der Waals surface area contributed by atoms with E-state index in [-0.39, 0.29) is 12.1 Å². The standard InChI is InChI=1S/C25H30N6OS/c1-19-8-9-22(31(19)20-6-4-10-26-18-20)24-23(21-7-2-3-11-27-21)28-25(33)30(24)13-5-12-29-14-16-32-17-15-29/h2-4,6-11,18,23-24H,5,12-17H2,1H3,(H,28,33). The predicted octanol–water partition coefficient (Wildman–Crippen LogP) is 3.27. The Morgan fingerprint density at radius 1 is 1.06 bits per heavy atom. The van der Waals surface area contributed by atoms with Crippen LogP contribution in [0.4, 0.5) is 0 Å². The smallest absolute Gasteiger partial charge is 0.170 e. The highest BCUT2D eigenvalue weighted by Gasteiger charge is 2.41. The molecule has 1 N–H and O–H groups in total. The molecule has 0 saturated carbocycles. The highest BCUT2D eigenvalue weighted by Crippen LogP contribution is 2.40. The first-order valence-corrected chi connectivity index (χ1v) is 12.0. The summed E-state index contributed by atoms with van der Waals surface area (Å²) in [6, 6.07) is 14.5. The molecule has 2 aliphatic rings. The van der Waals surface area contributed by atoms with Crippen LogP contribution in [-0.4, -0.2) is 68.8 Å². The Bertz CT molecular complexity index is 1070. The Balaban J connectivity index is 1.47. The fraction of sp³-hybridized carbons (Fsp3) is 0.400. The Morgan fingerprint density at radius 2 is 1.94 bits per heavy atom. The fourth-order valence-corrected chi connectivity index (χ4v) is 5.22. The van der Waals surface area contributed by atoms with Crippen molar-refractivity contribution in [3.63, 3.8) is 0 Å². The van der Waals surface area contributed by atoms with Crippen LogP contribution in [0.2, 0.25) is 0 Å². The van der Waals surface area contributed by atoms with Gasteiger partial charge in [0.15, 0.2) is 5.11 Å². The van der Waals surface area contributed by atoms with Gasteiger partial charge in [-0.1, -0.05) is 6.07 Å². The van der Waals surface area contributed by atoms with Crippen molar-refractivity contribution >= 4 is 17.3 Å². The van der Waals surface area contributed by atoms with Crippen molar-refractivity contribution in [3.05, 3.63) is 78.1 Å². The van der Waals surface area contributed by atoms with Gasteiger partial charge in [0.05, 0.1) is 42.9 Å². The molecule has 2 unspecified atom stereocenters. The molecule has 0 aromatic carbocycles. The van der Waals surface area contributed by atoms with Gasteiger partial charge in [-0.15, -0.1) is 0 Å². The molecule has 3 aromatic rings. The number of thiocarbonyl (C=S) groups is 1. The average Bonchev–Trinajstić information content (AvgIpc) is 3.40. The highest BCUT2D eigenvalue weighted by atomic mass is 32.1. The summed E-state index contributed by atoms with van der Waals surface area (Å²) in [5.41, 5.74) is 4.41. The number of ether oxygens (including phenoxy) is 1. The van der Waals surface area contributed by atoms with E-state index >= 15 is 0 Å². The predicted molar refractivity (Wildman–Crippen MR) is 132 cm³/mol. The lowest BCUT2D eigenvalue weighted by atomic mass is 10.0. The van der Waals surface area contributed by atoms with Gasteiger partial charge in [0.25, 0.3) is 0 Å². The lowest BCUT2D eigenvalue weighted by Gasteiger charge is -2.31.